The maximum Gasteiger partial charge on any atom is 0.260 e. The quantitative estimate of drug-likeness (QED) is 0.711. The number of hydrogen-bond donors (Lipinski definition) is 1. The summed E-state index contributed by atoms with van der Waals surface area (Å²) in [5.74, 6) is 0.0255. The molecule has 0 saturated heterocycles. The van der Waals surface area contributed by atoms with Crippen LogP contribution in [-0.2, 0) is 0 Å². The first-order valence-electron chi connectivity index (χ1n) is 3.08. The first-order chi connectivity index (χ1) is 5.11. The van der Waals surface area contributed by atoms with Crippen LogP contribution >= 0.6 is 0 Å². The van der Waals surface area contributed by atoms with Crippen LogP contribution in [0.4, 0.5) is 8.78 Å². The largest absolute Gasteiger partial charge is 0.359 e. The smallest absolute Gasteiger partial charge is 0.260 e. The van der Waals surface area contributed by atoms with Gasteiger partial charge in [0.15, 0.2) is 5.76 Å². The van der Waals surface area contributed by atoms with Crippen molar-refractivity contribution in [3.8, 4) is 0 Å². The van der Waals surface area contributed by atoms with E-state index in [1.54, 1.807) is 6.92 Å². The summed E-state index contributed by atoms with van der Waals surface area (Å²) in [5, 5.41) is 3.43. The second-order valence-corrected chi connectivity index (χ2v) is 2.23. The molecule has 0 fully saturated rings. The van der Waals surface area contributed by atoms with Gasteiger partial charge in [0, 0.05) is 6.07 Å². The lowest BCUT2D eigenvalue weighted by atomic mass is 10.2. The Morgan fingerprint density at radius 2 is 2.27 bits per heavy atom. The molecular formula is C6H8F2N2O. The third kappa shape index (κ3) is 1.74. The lowest BCUT2D eigenvalue weighted by Gasteiger charge is -2.03. The van der Waals surface area contributed by atoms with Crippen molar-refractivity contribution < 1.29 is 13.3 Å². The van der Waals surface area contributed by atoms with Crippen LogP contribution < -0.4 is 5.73 Å². The molecule has 0 aliphatic carbocycles. The van der Waals surface area contributed by atoms with E-state index in [-0.39, 0.29) is 5.76 Å². The van der Waals surface area contributed by atoms with Gasteiger partial charge in [0.05, 0.1) is 5.69 Å². The summed E-state index contributed by atoms with van der Waals surface area (Å²) >= 11 is 0. The van der Waals surface area contributed by atoms with E-state index in [0.29, 0.717) is 5.69 Å². The highest BCUT2D eigenvalue weighted by Gasteiger charge is 2.21. The highest BCUT2D eigenvalue weighted by Crippen LogP contribution is 2.17. The van der Waals surface area contributed by atoms with Gasteiger partial charge in [-0.2, -0.15) is 0 Å². The second-order valence-electron chi connectivity index (χ2n) is 2.23. The zero-order valence-corrected chi connectivity index (χ0v) is 5.92. The maximum absolute atomic E-state index is 11.9. The van der Waals surface area contributed by atoms with Gasteiger partial charge in [-0.1, -0.05) is 5.16 Å². The van der Waals surface area contributed by atoms with Crippen molar-refractivity contribution >= 4 is 0 Å². The van der Waals surface area contributed by atoms with Crippen LogP contribution in [0, 0.1) is 6.92 Å². The van der Waals surface area contributed by atoms with Crippen LogP contribution in [0.1, 0.15) is 17.5 Å². The average molecular weight is 162 g/mol. The fourth-order valence-electron chi connectivity index (χ4n) is 0.665. The predicted octanol–water partition coefficient (Wildman–Crippen LogP) is 1.25. The van der Waals surface area contributed by atoms with Gasteiger partial charge < -0.3 is 10.3 Å². The van der Waals surface area contributed by atoms with Gasteiger partial charge in [0.25, 0.3) is 6.43 Å². The number of aromatic nitrogens is 1. The molecular weight excluding hydrogens is 154 g/mol. The Bertz CT molecular complexity index is 236. The molecule has 1 aromatic heterocycles. The van der Waals surface area contributed by atoms with E-state index in [0.717, 1.165) is 0 Å². The van der Waals surface area contributed by atoms with E-state index in [9.17, 15) is 8.78 Å². The van der Waals surface area contributed by atoms with Gasteiger partial charge in [0.2, 0.25) is 0 Å². The normalized spacial score (nSPS) is 13.9. The van der Waals surface area contributed by atoms with Crippen LogP contribution in [0.3, 0.4) is 0 Å². The topological polar surface area (TPSA) is 52.0 Å². The fourth-order valence-corrected chi connectivity index (χ4v) is 0.665. The number of halogens is 2. The lowest BCUT2D eigenvalue weighted by molar-refractivity contribution is 0.103. The van der Waals surface area contributed by atoms with E-state index in [2.05, 4.69) is 9.68 Å². The van der Waals surface area contributed by atoms with Gasteiger partial charge in [-0.05, 0) is 6.92 Å². The summed E-state index contributed by atoms with van der Waals surface area (Å²) in [6.07, 6.45) is -2.61. The van der Waals surface area contributed by atoms with Crippen LogP contribution in [0.5, 0.6) is 0 Å². The molecule has 0 saturated carbocycles. The Hall–Kier alpha value is -0.970. The number of hydrogen-bond acceptors (Lipinski definition) is 3. The van der Waals surface area contributed by atoms with E-state index < -0.39 is 12.5 Å². The Morgan fingerprint density at radius 1 is 1.64 bits per heavy atom. The first-order valence-corrected chi connectivity index (χ1v) is 3.08. The highest BCUT2D eigenvalue weighted by molar-refractivity contribution is 5.07. The van der Waals surface area contributed by atoms with Gasteiger partial charge in [-0.15, -0.1) is 0 Å². The molecule has 1 aromatic rings. The summed E-state index contributed by atoms with van der Waals surface area (Å²) in [6.45, 7) is 1.64. The van der Waals surface area contributed by atoms with Crippen molar-refractivity contribution in [3.63, 3.8) is 0 Å². The van der Waals surface area contributed by atoms with Gasteiger partial charge in [0.1, 0.15) is 6.04 Å². The third-order valence-corrected chi connectivity index (χ3v) is 1.25. The number of rotatable bonds is 2. The van der Waals surface area contributed by atoms with Crippen LogP contribution in [0.25, 0.3) is 0 Å². The monoisotopic (exact) mass is 162 g/mol. The maximum atomic E-state index is 11.9. The molecule has 0 aliphatic heterocycles. The predicted molar refractivity (Wildman–Crippen MR) is 34.2 cm³/mol. The minimum absolute atomic E-state index is 0.0255. The molecule has 2 N–H and O–H groups in total. The van der Waals surface area contributed by atoms with E-state index in [1.165, 1.54) is 6.07 Å². The van der Waals surface area contributed by atoms with Crippen LogP contribution in [-0.4, -0.2) is 11.6 Å². The van der Waals surface area contributed by atoms with Crippen molar-refractivity contribution in [2.45, 2.75) is 19.4 Å². The molecule has 1 rings (SSSR count). The summed E-state index contributed by atoms with van der Waals surface area (Å²) < 4.78 is 28.4. The van der Waals surface area contributed by atoms with E-state index in [4.69, 9.17) is 5.73 Å². The summed E-state index contributed by atoms with van der Waals surface area (Å²) in [5.41, 5.74) is 5.62. The standard InChI is InChI=1S/C6H8F2N2O/c1-3-2-4(11-10-3)5(9)6(7)8/h2,5-6H,9H2,1H3. The van der Waals surface area contributed by atoms with Gasteiger partial charge in [-0.25, -0.2) is 8.78 Å². The number of alkyl halides is 2. The molecule has 1 heterocycles. The molecule has 5 heteroatoms. The average Bonchev–Trinajstić information content (AvgIpc) is 2.34. The SMILES string of the molecule is Cc1cc(C(N)C(F)F)on1. The molecule has 1 unspecified atom stereocenters. The second kappa shape index (κ2) is 2.96. The molecule has 0 radical (unpaired) electrons. The van der Waals surface area contributed by atoms with Crippen molar-refractivity contribution in [2.75, 3.05) is 0 Å². The first kappa shape index (κ1) is 8.13. The molecule has 0 bridgehead atoms. The van der Waals surface area contributed by atoms with Crippen molar-refractivity contribution in [2.24, 2.45) is 5.73 Å². The molecule has 3 nitrogen and oxygen atoms in total. The van der Waals surface area contributed by atoms with Crippen molar-refractivity contribution in [3.05, 3.63) is 17.5 Å². The molecule has 11 heavy (non-hydrogen) atoms. The molecule has 0 aliphatic rings. The molecule has 0 amide bonds. The molecule has 0 aromatic carbocycles. The summed E-state index contributed by atoms with van der Waals surface area (Å²) in [6, 6.07) is 0.0350. The van der Waals surface area contributed by atoms with Crippen molar-refractivity contribution in [1.82, 2.24) is 5.16 Å². The number of nitrogens with two attached hydrogens (primary N) is 1. The Balaban J connectivity index is 2.76. The zero-order chi connectivity index (χ0) is 8.43. The highest BCUT2D eigenvalue weighted by atomic mass is 19.3. The minimum Gasteiger partial charge on any atom is -0.359 e. The van der Waals surface area contributed by atoms with Crippen molar-refractivity contribution in [1.29, 1.82) is 0 Å². The van der Waals surface area contributed by atoms with E-state index >= 15 is 0 Å². The summed E-state index contributed by atoms with van der Waals surface area (Å²) in [7, 11) is 0. The lowest BCUT2D eigenvalue weighted by Crippen LogP contribution is -2.17. The zero-order valence-electron chi connectivity index (χ0n) is 5.92. The number of nitrogens with zero attached hydrogens (tertiary/aromatic N) is 1. The van der Waals surface area contributed by atoms with Crippen LogP contribution in [0.15, 0.2) is 10.6 Å². The van der Waals surface area contributed by atoms with E-state index in [1.807, 2.05) is 0 Å². The third-order valence-electron chi connectivity index (χ3n) is 1.25. The Kier molecular flexibility index (Phi) is 2.19. The molecule has 62 valence electrons. The fraction of sp³-hybridized carbons (Fsp3) is 0.500. The van der Waals surface area contributed by atoms with Crippen LogP contribution in [0.2, 0.25) is 0 Å². The van der Waals surface area contributed by atoms with Gasteiger partial charge in [-0.3, -0.25) is 0 Å². The Labute approximate surface area is 62.2 Å². The molecule has 1 atom stereocenters. The minimum atomic E-state index is -2.61. The van der Waals surface area contributed by atoms with Gasteiger partial charge >= 0.3 is 0 Å². The number of aryl methyl sites for hydroxylation is 1. The summed E-state index contributed by atoms with van der Waals surface area (Å²) in [4.78, 5) is 0. The Morgan fingerprint density at radius 3 is 2.64 bits per heavy atom. The molecule has 0 spiro atoms.